The molecule has 1 N–H and O–H groups in total. The lowest BCUT2D eigenvalue weighted by atomic mass is 10.0. The van der Waals surface area contributed by atoms with Gasteiger partial charge in [-0.2, -0.15) is 0 Å². The van der Waals surface area contributed by atoms with E-state index in [9.17, 15) is 12.8 Å². The Morgan fingerprint density at radius 3 is 1.38 bits per heavy atom. The first kappa shape index (κ1) is 25.8. The standard InChI is InChI=1S/C21H43FO3S/c1-2-3-4-5-6-7-8-9-10-11-12-13-14-15-16-17-18-26(24,25)20-21(22)19-23/h21,23H,2-20H2,1H3. The molecule has 0 aromatic heterocycles. The van der Waals surface area contributed by atoms with E-state index in [0.29, 0.717) is 6.42 Å². The van der Waals surface area contributed by atoms with E-state index in [2.05, 4.69) is 6.92 Å². The van der Waals surface area contributed by atoms with E-state index >= 15 is 0 Å². The molecule has 0 radical (unpaired) electrons. The molecule has 0 rings (SSSR count). The largest absolute Gasteiger partial charge is 0.393 e. The average molecular weight is 395 g/mol. The summed E-state index contributed by atoms with van der Waals surface area (Å²) >= 11 is 0. The molecule has 0 saturated heterocycles. The molecule has 0 aliphatic carbocycles. The summed E-state index contributed by atoms with van der Waals surface area (Å²) in [6.45, 7) is 1.55. The Labute approximate surface area is 162 Å². The Balaban J connectivity index is 3.24. The van der Waals surface area contributed by atoms with E-state index in [1.165, 1.54) is 83.5 Å². The molecule has 5 heteroatoms. The van der Waals surface area contributed by atoms with Gasteiger partial charge in [0.2, 0.25) is 0 Å². The lowest BCUT2D eigenvalue weighted by Crippen LogP contribution is -2.22. The van der Waals surface area contributed by atoms with Crippen LogP contribution in [0.3, 0.4) is 0 Å². The Bertz CT molecular complexity index is 385. The number of halogens is 1. The summed E-state index contributed by atoms with van der Waals surface area (Å²) < 4.78 is 36.1. The third kappa shape index (κ3) is 18.6. The van der Waals surface area contributed by atoms with Crippen LogP contribution in [-0.4, -0.2) is 37.8 Å². The first-order valence-electron chi connectivity index (χ1n) is 11.0. The molecule has 26 heavy (non-hydrogen) atoms. The quantitative estimate of drug-likeness (QED) is 0.258. The predicted molar refractivity (Wildman–Crippen MR) is 110 cm³/mol. The highest BCUT2D eigenvalue weighted by Crippen LogP contribution is 2.14. The molecule has 0 bridgehead atoms. The first-order chi connectivity index (χ1) is 12.5. The van der Waals surface area contributed by atoms with Crippen molar-refractivity contribution in [2.75, 3.05) is 18.1 Å². The maximum absolute atomic E-state index is 12.9. The minimum Gasteiger partial charge on any atom is -0.393 e. The number of unbranched alkanes of at least 4 members (excludes halogenated alkanes) is 15. The number of alkyl halides is 1. The molecule has 0 aromatic carbocycles. The van der Waals surface area contributed by atoms with Gasteiger partial charge >= 0.3 is 0 Å². The molecule has 0 heterocycles. The Morgan fingerprint density at radius 2 is 1.04 bits per heavy atom. The molecule has 158 valence electrons. The van der Waals surface area contributed by atoms with Crippen molar-refractivity contribution in [2.45, 2.75) is 116 Å². The van der Waals surface area contributed by atoms with Crippen LogP contribution >= 0.6 is 0 Å². The van der Waals surface area contributed by atoms with Gasteiger partial charge in [-0.15, -0.1) is 0 Å². The zero-order valence-corrected chi connectivity index (χ0v) is 17.9. The van der Waals surface area contributed by atoms with Crippen molar-refractivity contribution < 1.29 is 17.9 Å². The van der Waals surface area contributed by atoms with Gasteiger partial charge in [0.1, 0.15) is 6.17 Å². The van der Waals surface area contributed by atoms with E-state index in [4.69, 9.17) is 5.11 Å². The topological polar surface area (TPSA) is 54.4 Å². The summed E-state index contributed by atoms with van der Waals surface area (Å²) in [5.41, 5.74) is 0. The minimum atomic E-state index is -3.35. The van der Waals surface area contributed by atoms with Crippen molar-refractivity contribution >= 4 is 9.84 Å². The summed E-state index contributed by atoms with van der Waals surface area (Å²) in [5.74, 6) is -0.492. The fourth-order valence-corrected chi connectivity index (χ4v) is 4.75. The fourth-order valence-electron chi connectivity index (χ4n) is 3.28. The third-order valence-corrected chi connectivity index (χ3v) is 6.72. The Kier molecular flexibility index (Phi) is 18.1. The van der Waals surface area contributed by atoms with Crippen molar-refractivity contribution in [3.05, 3.63) is 0 Å². The van der Waals surface area contributed by atoms with Gasteiger partial charge in [-0.1, -0.05) is 103 Å². The highest BCUT2D eigenvalue weighted by molar-refractivity contribution is 7.91. The first-order valence-corrected chi connectivity index (χ1v) is 12.8. The van der Waals surface area contributed by atoms with Crippen molar-refractivity contribution in [3.8, 4) is 0 Å². The van der Waals surface area contributed by atoms with Crippen molar-refractivity contribution in [1.82, 2.24) is 0 Å². The second kappa shape index (κ2) is 18.2. The average Bonchev–Trinajstić information content (AvgIpc) is 2.60. The molecule has 0 saturated carbocycles. The molecule has 0 spiro atoms. The molecule has 0 aromatic rings. The maximum Gasteiger partial charge on any atom is 0.153 e. The van der Waals surface area contributed by atoms with Gasteiger partial charge in [0.15, 0.2) is 9.84 Å². The highest BCUT2D eigenvalue weighted by Gasteiger charge is 2.17. The van der Waals surface area contributed by atoms with E-state index < -0.39 is 28.4 Å². The third-order valence-electron chi connectivity index (χ3n) is 4.94. The van der Waals surface area contributed by atoms with Crippen molar-refractivity contribution in [1.29, 1.82) is 0 Å². The zero-order chi connectivity index (χ0) is 19.5. The summed E-state index contributed by atoms with van der Waals surface area (Å²) in [4.78, 5) is 0. The number of hydrogen-bond acceptors (Lipinski definition) is 3. The van der Waals surface area contributed by atoms with Crippen LogP contribution in [0.25, 0.3) is 0 Å². The minimum absolute atomic E-state index is 0.0475. The molecule has 1 unspecified atom stereocenters. The fraction of sp³-hybridized carbons (Fsp3) is 1.00. The Morgan fingerprint density at radius 1 is 0.692 bits per heavy atom. The van der Waals surface area contributed by atoms with Crippen LogP contribution in [0.15, 0.2) is 0 Å². The summed E-state index contributed by atoms with van der Waals surface area (Å²) in [6, 6.07) is 0. The van der Waals surface area contributed by atoms with Crippen LogP contribution in [0.2, 0.25) is 0 Å². The summed E-state index contributed by atoms with van der Waals surface area (Å²) in [5, 5.41) is 8.57. The van der Waals surface area contributed by atoms with Crippen LogP contribution in [0.1, 0.15) is 110 Å². The number of aliphatic hydroxyl groups excluding tert-OH is 1. The van der Waals surface area contributed by atoms with Crippen molar-refractivity contribution in [3.63, 3.8) is 0 Å². The lowest BCUT2D eigenvalue weighted by molar-refractivity contribution is 0.193. The molecule has 0 fully saturated rings. The van der Waals surface area contributed by atoms with E-state index in [0.717, 1.165) is 12.8 Å². The van der Waals surface area contributed by atoms with Gasteiger partial charge in [0.05, 0.1) is 18.1 Å². The summed E-state index contributed by atoms with van der Waals surface area (Å²) in [7, 11) is -3.35. The molecular weight excluding hydrogens is 351 g/mol. The van der Waals surface area contributed by atoms with E-state index in [1.807, 2.05) is 0 Å². The molecule has 3 nitrogen and oxygen atoms in total. The van der Waals surface area contributed by atoms with Gasteiger partial charge in [-0.05, 0) is 6.42 Å². The predicted octanol–water partition coefficient (Wildman–Crippen LogP) is 5.99. The van der Waals surface area contributed by atoms with Crippen LogP contribution in [0, 0.1) is 0 Å². The van der Waals surface area contributed by atoms with Gasteiger partial charge < -0.3 is 5.11 Å². The number of rotatable bonds is 20. The van der Waals surface area contributed by atoms with Gasteiger partial charge in [0, 0.05) is 0 Å². The lowest BCUT2D eigenvalue weighted by Gasteiger charge is -2.06. The monoisotopic (exact) mass is 394 g/mol. The van der Waals surface area contributed by atoms with E-state index in [-0.39, 0.29) is 5.75 Å². The number of aliphatic hydroxyl groups is 1. The van der Waals surface area contributed by atoms with Gasteiger partial charge in [0.25, 0.3) is 0 Å². The smallest absolute Gasteiger partial charge is 0.153 e. The normalized spacial score (nSPS) is 13.2. The maximum atomic E-state index is 12.9. The van der Waals surface area contributed by atoms with Gasteiger partial charge in [-0.25, -0.2) is 12.8 Å². The SMILES string of the molecule is CCCCCCCCCCCCCCCCCCS(=O)(=O)CC(F)CO. The van der Waals surface area contributed by atoms with Crippen LogP contribution in [-0.2, 0) is 9.84 Å². The molecule has 1 atom stereocenters. The van der Waals surface area contributed by atoms with Crippen LogP contribution < -0.4 is 0 Å². The van der Waals surface area contributed by atoms with Gasteiger partial charge in [-0.3, -0.25) is 0 Å². The number of hydrogen-bond donors (Lipinski definition) is 1. The molecular formula is C21H43FO3S. The van der Waals surface area contributed by atoms with Crippen LogP contribution in [0.5, 0.6) is 0 Å². The second-order valence-corrected chi connectivity index (χ2v) is 9.93. The molecule has 0 amide bonds. The Hall–Kier alpha value is -0.160. The van der Waals surface area contributed by atoms with E-state index in [1.54, 1.807) is 0 Å². The zero-order valence-electron chi connectivity index (χ0n) is 17.1. The van der Waals surface area contributed by atoms with Crippen molar-refractivity contribution in [2.24, 2.45) is 0 Å². The van der Waals surface area contributed by atoms with Crippen LogP contribution in [0.4, 0.5) is 4.39 Å². The molecule has 0 aliphatic heterocycles. The highest BCUT2D eigenvalue weighted by atomic mass is 32.2. The second-order valence-electron chi connectivity index (χ2n) is 7.70. The number of sulfone groups is 1. The summed E-state index contributed by atoms with van der Waals surface area (Å²) in [6.07, 6.45) is 18.4. The molecule has 0 aliphatic rings.